The van der Waals surface area contributed by atoms with E-state index in [0.717, 1.165) is 12.1 Å². The maximum absolute atomic E-state index is 12.6. The summed E-state index contributed by atoms with van der Waals surface area (Å²) in [6.07, 6.45) is -4.59. The molecule has 1 aromatic carbocycles. The van der Waals surface area contributed by atoms with Gasteiger partial charge in [-0.1, -0.05) is 0 Å². The molecule has 0 fully saturated rings. The molecule has 2 N–H and O–H groups in total. The number of alkyl halides is 3. The number of benzene rings is 1. The number of nitrogens with one attached hydrogen (secondary N) is 2. The Morgan fingerprint density at radius 1 is 1.32 bits per heavy atom. The molecule has 0 aliphatic rings. The summed E-state index contributed by atoms with van der Waals surface area (Å²) in [6.45, 7) is 1.21. The molecule has 0 unspecified atom stereocenters. The van der Waals surface area contributed by atoms with E-state index in [-0.39, 0.29) is 37.0 Å². The summed E-state index contributed by atoms with van der Waals surface area (Å²) < 4.78 is 37.8. The molecule has 7 nitrogen and oxygen atoms in total. The van der Waals surface area contributed by atoms with Crippen molar-refractivity contribution in [3.05, 3.63) is 33.9 Å². The first kappa shape index (κ1) is 22.9. The third-order valence-electron chi connectivity index (χ3n) is 3.30. The number of nitrogens with zero attached hydrogens (tertiary/aromatic N) is 2. The highest BCUT2D eigenvalue weighted by Gasteiger charge is 2.33. The topological polar surface area (TPSA) is 87.5 Å². The number of nitro groups is 1. The fourth-order valence-electron chi connectivity index (χ4n) is 1.91. The van der Waals surface area contributed by atoms with Gasteiger partial charge in [0.15, 0.2) is 0 Å². The average molecular weight is 385 g/mol. The van der Waals surface area contributed by atoms with Crippen LogP contribution in [0.2, 0.25) is 0 Å². The Balaban J connectivity index is 0.00000576. The molecule has 1 rings (SSSR count). The largest absolute Gasteiger partial charge is 0.416 e. The number of rotatable bonds is 8. The lowest BCUT2D eigenvalue weighted by atomic mass is 10.1. The van der Waals surface area contributed by atoms with Gasteiger partial charge in [0, 0.05) is 39.2 Å². The molecule has 1 aromatic rings. The second-order valence-electron chi connectivity index (χ2n) is 5.08. The molecule has 0 aliphatic heterocycles. The highest BCUT2D eigenvalue weighted by atomic mass is 35.5. The fraction of sp³-hybridized carbons (Fsp3) is 0.500. The van der Waals surface area contributed by atoms with Crippen LogP contribution in [-0.2, 0) is 11.0 Å². The van der Waals surface area contributed by atoms with Gasteiger partial charge >= 0.3 is 6.18 Å². The molecule has 0 saturated heterocycles. The normalized spacial score (nSPS) is 10.8. The van der Waals surface area contributed by atoms with E-state index in [1.165, 1.54) is 4.90 Å². The Morgan fingerprint density at radius 3 is 2.48 bits per heavy atom. The molecule has 1 amide bonds. The Kier molecular flexibility index (Phi) is 9.21. The molecule has 0 radical (unpaired) electrons. The van der Waals surface area contributed by atoms with Crippen LogP contribution in [0.3, 0.4) is 0 Å². The van der Waals surface area contributed by atoms with Crippen molar-refractivity contribution >= 4 is 29.7 Å². The minimum atomic E-state index is -4.66. The molecule has 25 heavy (non-hydrogen) atoms. The van der Waals surface area contributed by atoms with Gasteiger partial charge in [0.2, 0.25) is 5.91 Å². The predicted octanol–water partition coefficient (Wildman–Crippen LogP) is 2.52. The first-order valence-corrected chi connectivity index (χ1v) is 7.15. The van der Waals surface area contributed by atoms with Gasteiger partial charge in [-0.05, 0) is 19.2 Å². The molecule has 0 heterocycles. The van der Waals surface area contributed by atoms with Gasteiger partial charge in [-0.25, -0.2) is 0 Å². The SMILES string of the molecule is CNCCN(C)C(=O)CCNc1ccc(C(F)(F)F)cc1[N+](=O)[O-].Cl. The van der Waals surface area contributed by atoms with Crippen molar-refractivity contribution in [1.29, 1.82) is 0 Å². The van der Waals surface area contributed by atoms with Gasteiger partial charge in [-0.15, -0.1) is 12.4 Å². The van der Waals surface area contributed by atoms with E-state index in [9.17, 15) is 28.1 Å². The molecule has 0 aliphatic carbocycles. The van der Waals surface area contributed by atoms with Gasteiger partial charge in [0.05, 0.1) is 10.5 Å². The number of nitro benzene ring substituents is 1. The number of amides is 1. The zero-order valence-electron chi connectivity index (χ0n) is 13.7. The second-order valence-corrected chi connectivity index (χ2v) is 5.08. The molecule has 142 valence electrons. The lowest BCUT2D eigenvalue weighted by Crippen LogP contribution is -2.33. The summed E-state index contributed by atoms with van der Waals surface area (Å²) in [7, 11) is 3.38. The summed E-state index contributed by atoms with van der Waals surface area (Å²) in [5.41, 5.74) is -1.83. The number of likely N-dealkylation sites (N-methyl/N-ethyl adjacent to an activating group) is 2. The standard InChI is InChI=1S/C14H19F3N4O3.ClH/c1-18-7-8-20(2)13(22)5-6-19-11-4-3-10(14(15,16)17)9-12(11)21(23)24;/h3-4,9,18-19H,5-8H2,1-2H3;1H. The monoisotopic (exact) mass is 384 g/mol. The summed E-state index contributed by atoms with van der Waals surface area (Å²) in [5, 5.41) is 16.5. The summed E-state index contributed by atoms with van der Waals surface area (Å²) in [4.78, 5) is 23.4. The van der Waals surface area contributed by atoms with Crippen LogP contribution in [-0.4, -0.2) is 49.5 Å². The van der Waals surface area contributed by atoms with Gasteiger partial charge in [-0.2, -0.15) is 13.2 Å². The fourth-order valence-corrected chi connectivity index (χ4v) is 1.91. The highest BCUT2D eigenvalue weighted by Crippen LogP contribution is 2.34. The van der Waals surface area contributed by atoms with Crippen LogP contribution in [0.4, 0.5) is 24.5 Å². The minimum absolute atomic E-state index is 0. The number of halogens is 4. The van der Waals surface area contributed by atoms with E-state index < -0.39 is 22.4 Å². The zero-order valence-corrected chi connectivity index (χ0v) is 14.5. The van der Waals surface area contributed by atoms with Crippen LogP contribution < -0.4 is 10.6 Å². The van der Waals surface area contributed by atoms with Crippen molar-refractivity contribution in [2.75, 3.05) is 39.0 Å². The number of carbonyl (C=O) groups excluding carboxylic acids is 1. The summed E-state index contributed by atoms with van der Waals surface area (Å²) in [5.74, 6) is -0.174. The van der Waals surface area contributed by atoms with E-state index in [2.05, 4.69) is 10.6 Å². The van der Waals surface area contributed by atoms with Gasteiger partial charge in [-0.3, -0.25) is 14.9 Å². The molecule has 0 aromatic heterocycles. The highest BCUT2D eigenvalue weighted by molar-refractivity contribution is 5.85. The van der Waals surface area contributed by atoms with Gasteiger partial charge in [0.25, 0.3) is 5.69 Å². The van der Waals surface area contributed by atoms with Gasteiger partial charge in [0.1, 0.15) is 5.69 Å². The van der Waals surface area contributed by atoms with Crippen LogP contribution in [0, 0.1) is 10.1 Å². The molecule has 0 saturated carbocycles. The Morgan fingerprint density at radius 2 is 1.96 bits per heavy atom. The zero-order chi connectivity index (χ0) is 18.3. The van der Waals surface area contributed by atoms with Crippen LogP contribution in [0.1, 0.15) is 12.0 Å². The van der Waals surface area contributed by atoms with E-state index in [1.807, 2.05) is 0 Å². The Bertz CT molecular complexity index is 599. The quantitative estimate of drug-likeness (QED) is 0.531. The molecule has 0 atom stereocenters. The minimum Gasteiger partial charge on any atom is -0.379 e. The Hall–Kier alpha value is -2.07. The lowest BCUT2D eigenvalue weighted by molar-refractivity contribution is -0.384. The molecule has 0 bridgehead atoms. The average Bonchev–Trinajstić information content (AvgIpc) is 2.51. The van der Waals surface area contributed by atoms with Crippen molar-refractivity contribution in [3.63, 3.8) is 0 Å². The van der Waals surface area contributed by atoms with Crippen molar-refractivity contribution < 1.29 is 22.9 Å². The first-order valence-electron chi connectivity index (χ1n) is 7.15. The van der Waals surface area contributed by atoms with Crippen LogP contribution in [0.5, 0.6) is 0 Å². The predicted molar refractivity (Wildman–Crippen MR) is 90.0 cm³/mol. The number of hydrogen-bond donors (Lipinski definition) is 2. The van der Waals surface area contributed by atoms with Crippen molar-refractivity contribution in [2.45, 2.75) is 12.6 Å². The third-order valence-corrected chi connectivity index (χ3v) is 3.30. The van der Waals surface area contributed by atoms with Crippen molar-refractivity contribution in [3.8, 4) is 0 Å². The maximum Gasteiger partial charge on any atom is 0.416 e. The molecular formula is C14H20ClF3N4O3. The molecule has 0 spiro atoms. The van der Waals surface area contributed by atoms with Crippen LogP contribution >= 0.6 is 12.4 Å². The Labute approximate surface area is 149 Å². The van der Waals surface area contributed by atoms with E-state index in [1.54, 1.807) is 14.1 Å². The summed E-state index contributed by atoms with van der Waals surface area (Å²) in [6, 6.07) is 2.23. The van der Waals surface area contributed by atoms with Crippen molar-refractivity contribution in [2.24, 2.45) is 0 Å². The number of hydrogen-bond acceptors (Lipinski definition) is 5. The molecular weight excluding hydrogens is 365 g/mol. The van der Waals surface area contributed by atoms with E-state index >= 15 is 0 Å². The molecule has 11 heteroatoms. The third kappa shape index (κ3) is 7.14. The second kappa shape index (κ2) is 10.0. The van der Waals surface area contributed by atoms with E-state index in [0.29, 0.717) is 19.2 Å². The van der Waals surface area contributed by atoms with Crippen LogP contribution in [0.25, 0.3) is 0 Å². The summed E-state index contributed by atoms with van der Waals surface area (Å²) >= 11 is 0. The maximum atomic E-state index is 12.6. The smallest absolute Gasteiger partial charge is 0.379 e. The van der Waals surface area contributed by atoms with Crippen LogP contribution in [0.15, 0.2) is 18.2 Å². The van der Waals surface area contributed by atoms with E-state index in [4.69, 9.17) is 0 Å². The number of anilines is 1. The first-order chi connectivity index (χ1) is 11.2. The van der Waals surface area contributed by atoms with Crippen molar-refractivity contribution in [1.82, 2.24) is 10.2 Å². The number of carbonyl (C=O) groups is 1. The van der Waals surface area contributed by atoms with Gasteiger partial charge < -0.3 is 15.5 Å². The lowest BCUT2D eigenvalue weighted by Gasteiger charge is -2.17.